The second-order valence-electron chi connectivity index (χ2n) is 4.32. The Morgan fingerprint density at radius 3 is 2.65 bits per heavy atom. The zero-order chi connectivity index (χ0) is 12.3. The van der Waals surface area contributed by atoms with Gasteiger partial charge in [-0.05, 0) is 24.6 Å². The van der Waals surface area contributed by atoms with Crippen molar-refractivity contribution in [3.05, 3.63) is 29.8 Å². The molecule has 1 aromatic rings. The number of ether oxygens (including phenoxy) is 1. The van der Waals surface area contributed by atoms with Gasteiger partial charge in [-0.3, -0.25) is 4.79 Å². The van der Waals surface area contributed by atoms with E-state index in [0.717, 1.165) is 11.3 Å². The lowest BCUT2D eigenvalue weighted by atomic mass is 10.2. The van der Waals surface area contributed by atoms with E-state index >= 15 is 0 Å². The Balaban J connectivity index is 1.97. The first-order valence-electron chi connectivity index (χ1n) is 5.94. The van der Waals surface area contributed by atoms with Gasteiger partial charge in [0.05, 0.1) is 6.61 Å². The second-order valence-corrected chi connectivity index (χ2v) is 4.32. The van der Waals surface area contributed by atoms with Gasteiger partial charge in [-0.25, -0.2) is 0 Å². The monoisotopic (exact) mass is 234 g/mol. The molecular formula is C13H18N2O2. The average molecular weight is 234 g/mol. The number of nitrogens with two attached hydrogens (primary N) is 1. The van der Waals surface area contributed by atoms with E-state index in [1.807, 2.05) is 31.2 Å². The van der Waals surface area contributed by atoms with Gasteiger partial charge in [0.15, 0.2) is 0 Å². The third-order valence-electron chi connectivity index (χ3n) is 2.85. The van der Waals surface area contributed by atoms with Crippen molar-refractivity contribution in [2.45, 2.75) is 25.9 Å². The van der Waals surface area contributed by atoms with Crippen molar-refractivity contribution in [3.63, 3.8) is 0 Å². The van der Waals surface area contributed by atoms with E-state index in [-0.39, 0.29) is 11.9 Å². The number of likely N-dealkylation sites (tertiary alicyclic amines) is 1. The van der Waals surface area contributed by atoms with Crippen LogP contribution in [0.3, 0.4) is 0 Å². The molecule has 1 heterocycles. The molecule has 0 aliphatic carbocycles. The van der Waals surface area contributed by atoms with Crippen LogP contribution in [0.25, 0.3) is 0 Å². The summed E-state index contributed by atoms with van der Waals surface area (Å²) in [5.74, 6) is 1.01. The highest BCUT2D eigenvalue weighted by molar-refractivity contribution is 5.79. The first-order chi connectivity index (χ1) is 8.19. The summed E-state index contributed by atoms with van der Waals surface area (Å²) in [5.41, 5.74) is 6.86. The predicted molar refractivity (Wildman–Crippen MR) is 65.6 cm³/mol. The topological polar surface area (TPSA) is 55.6 Å². The molecule has 4 nitrogen and oxygen atoms in total. The molecule has 1 fully saturated rings. The Morgan fingerprint density at radius 2 is 2.12 bits per heavy atom. The van der Waals surface area contributed by atoms with E-state index in [2.05, 4.69) is 0 Å². The van der Waals surface area contributed by atoms with Crippen LogP contribution in [0.15, 0.2) is 24.3 Å². The van der Waals surface area contributed by atoms with E-state index in [9.17, 15) is 4.79 Å². The third-order valence-corrected chi connectivity index (χ3v) is 2.85. The lowest BCUT2D eigenvalue weighted by Crippen LogP contribution is -2.27. The van der Waals surface area contributed by atoms with Crippen molar-refractivity contribution in [1.29, 1.82) is 0 Å². The molecule has 0 bridgehead atoms. The summed E-state index contributed by atoms with van der Waals surface area (Å²) in [6.45, 7) is 3.92. The fraction of sp³-hybridized carbons (Fsp3) is 0.462. The molecule has 0 saturated carbocycles. The quantitative estimate of drug-likeness (QED) is 0.850. The molecule has 1 saturated heterocycles. The summed E-state index contributed by atoms with van der Waals surface area (Å²) in [6, 6.07) is 7.83. The van der Waals surface area contributed by atoms with Gasteiger partial charge in [0.2, 0.25) is 5.91 Å². The van der Waals surface area contributed by atoms with Gasteiger partial charge in [-0.1, -0.05) is 12.1 Å². The van der Waals surface area contributed by atoms with Crippen LogP contribution in [0.1, 0.15) is 18.9 Å². The van der Waals surface area contributed by atoms with E-state index in [4.69, 9.17) is 10.5 Å². The number of benzene rings is 1. The summed E-state index contributed by atoms with van der Waals surface area (Å²) in [4.78, 5) is 13.4. The van der Waals surface area contributed by atoms with Crippen LogP contribution in [0.2, 0.25) is 0 Å². The lowest BCUT2D eigenvalue weighted by molar-refractivity contribution is -0.128. The summed E-state index contributed by atoms with van der Waals surface area (Å²) in [7, 11) is 0. The maximum Gasteiger partial charge on any atom is 0.224 e. The smallest absolute Gasteiger partial charge is 0.224 e. The highest BCUT2D eigenvalue weighted by Crippen LogP contribution is 2.16. The molecule has 1 aliphatic heterocycles. The number of carbonyl (C=O) groups excluding carboxylic acids is 1. The van der Waals surface area contributed by atoms with Gasteiger partial charge in [-0.2, -0.15) is 0 Å². The van der Waals surface area contributed by atoms with Crippen LogP contribution in [0, 0.1) is 0 Å². The van der Waals surface area contributed by atoms with Crippen LogP contribution < -0.4 is 10.5 Å². The van der Waals surface area contributed by atoms with Gasteiger partial charge in [0, 0.05) is 25.6 Å². The van der Waals surface area contributed by atoms with E-state index in [0.29, 0.717) is 26.1 Å². The van der Waals surface area contributed by atoms with Gasteiger partial charge >= 0.3 is 0 Å². The molecule has 92 valence electrons. The molecule has 1 amide bonds. The largest absolute Gasteiger partial charge is 0.494 e. The summed E-state index contributed by atoms with van der Waals surface area (Å²) >= 11 is 0. The molecule has 2 rings (SSSR count). The Bertz CT molecular complexity index is 389. The normalized spacial score (nSPS) is 19.8. The van der Waals surface area contributed by atoms with Crippen LogP contribution in [-0.2, 0) is 11.3 Å². The molecule has 1 aliphatic rings. The molecule has 1 unspecified atom stereocenters. The molecule has 0 radical (unpaired) electrons. The first-order valence-corrected chi connectivity index (χ1v) is 5.94. The molecule has 1 atom stereocenters. The van der Waals surface area contributed by atoms with Crippen molar-refractivity contribution < 1.29 is 9.53 Å². The summed E-state index contributed by atoms with van der Waals surface area (Å²) in [5, 5.41) is 0. The Kier molecular flexibility index (Phi) is 3.64. The maximum atomic E-state index is 11.6. The Morgan fingerprint density at radius 1 is 1.41 bits per heavy atom. The number of nitrogens with zero attached hydrogens (tertiary/aromatic N) is 1. The number of carbonyl (C=O) groups is 1. The summed E-state index contributed by atoms with van der Waals surface area (Å²) in [6.07, 6.45) is 0.469. The zero-order valence-electron chi connectivity index (χ0n) is 10.1. The minimum Gasteiger partial charge on any atom is -0.494 e. The van der Waals surface area contributed by atoms with Crippen LogP contribution in [0.4, 0.5) is 0 Å². The maximum absolute atomic E-state index is 11.6. The van der Waals surface area contributed by atoms with Gasteiger partial charge < -0.3 is 15.4 Å². The van der Waals surface area contributed by atoms with Gasteiger partial charge in [0.25, 0.3) is 0 Å². The molecular weight excluding hydrogens is 216 g/mol. The Hall–Kier alpha value is -1.55. The number of rotatable bonds is 4. The SMILES string of the molecule is CCOc1ccc(CN2CC(N)CC2=O)cc1. The van der Waals surface area contributed by atoms with Crippen LogP contribution in [-0.4, -0.2) is 30.0 Å². The fourth-order valence-electron chi connectivity index (χ4n) is 2.03. The molecule has 2 N–H and O–H groups in total. The standard InChI is InChI=1S/C13H18N2O2/c1-2-17-12-5-3-10(4-6-12)8-15-9-11(14)7-13(15)16/h3-6,11H,2,7-9,14H2,1H3. The Labute approximate surface area is 101 Å². The average Bonchev–Trinajstić information content (AvgIpc) is 2.61. The van der Waals surface area contributed by atoms with Crippen molar-refractivity contribution in [1.82, 2.24) is 4.90 Å². The molecule has 17 heavy (non-hydrogen) atoms. The minimum absolute atomic E-state index is 0.00908. The highest BCUT2D eigenvalue weighted by atomic mass is 16.5. The molecule has 0 aromatic heterocycles. The predicted octanol–water partition coefficient (Wildman–Crippen LogP) is 1.14. The van der Waals surface area contributed by atoms with Gasteiger partial charge in [-0.15, -0.1) is 0 Å². The van der Waals surface area contributed by atoms with Crippen molar-refractivity contribution in [3.8, 4) is 5.75 Å². The lowest BCUT2D eigenvalue weighted by Gasteiger charge is -2.16. The van der Waals surface area contributed by atoms with Crippen LogP contribution in [0.5, 0.6) is 5.75 Å². The first kappa shape index (κ1) is 11.9. The molecule has 1 aromatic carbocycles. The van der Waals surface area contributed by atoms with Gasteiger partial charge in [0.1, 0.15) is 5.75 Å². The second kappa shape index (κ2) is 5.19. The van der Waals surface area contributed by atoms with Crippen LogP contribution >= 0.6 is 0 Å². The van der Waals surface area contributed by atoms with Crippen molar-refractivity contribution in [2.24, 2.45) is 5.73 Å². The molecule has 4 heteroatoms. The third kappa shape index (κ3) is 2.97. The zero-order valence-corrected chi connectivity index (χ0v) is 10.1. The number of hydrogen-bond donors (Lipinski definition) is 1. The highest BCUT2D eigenvalue weighted by Gasteiger charge is 2.26. The minimum atomic E-state index is -0.00908. The van der Waals surface area contributed by atoms with E-state index < -0.39 is 0 Å². The molecule has 0 spiro atoms. The van der Waals surface area contributed by atoms with E-state index in [1.54, 1.807) is 4.90 Å². The number of hydrogen-bond acceptors (Lipinski definition) is 3. The van der Waals surface area contributed by atoms with Crippen molar-refractivity contribution >= 4 is 5.91 Å². The number of amides is 1. The van der Waals surface area contributed by atoms with E-state index in [1.165, 1.54) is 0 Å². The summed E-state index contributed by atoms with van der Waals surface area (Å²) < 4.78 is 5.37. The van der Waals surface area contributed by atoms with Crippen molar-refractivity contribution in [2.75, 3.05) is 13.2 Å². The fourth-order valence-corrected chi connectivity index (χ4v) is 2.03.